The fraction of sp³-hybridized carbons (Fsp3) is 0.500. The van der Waals surface area contributed by atoms with Crippen LogP contribution in [-0.2, 0) is 11.2 Å². The summed E-state index contributed by atoms with van der Waals surface area (Å²) in [5.41, 5.74) is 0.465. The van der Waals surface area contributed by atoms with Gasteiger partial charge in [0, 0.05) is 24.0 Å². The standard InChI is InChI=1S/C12H14ClFO2/c13-10-1-2-11(14)9(5-10)6-12(15)8-3-4-16-7-8/h1-2,5,8,12,15H,3-4,6-7H2. The average molecular weight is 245 g/mol. The fourth-order valence-electron chi connectivity index (χ4n) is 1.95. The van der Waals surface area contributed by atoms with Gasteiger partial charge < -0.3 is 9.84 Å². The van der Waals surface area contributed by atoms with Gasteiger partial charge in [-0.1, -0.05) is 11.6 Å². The lowest BCUT2D eigenvalue weighted by molar-refractivity contribution is 0.0912. The molecule has 0 bridgehead atoms. The van der Waals surface area contributed by atoms with Crippen LogP contribution in [-0.4, -0.2) is 24.4 Å². The lowest BCUT2D eigenvalue weighted by atomic mass is 9.95. The number of hydrogen-bond acceptors (Lipinski definition) is 2. The summed E-state index contributed by atoms with van der Waals surface area (Å²) in [5, 5.41) is 10.4. The third-order valence-corrected chi connectivity index (χ3v) is 3.18. The summed E-state index contributed by atoms with van der Waals surface area (Å²) in [7, 11) is 0. The molecule has 0 aromatic heterocycles. The lowest BCUT2D eigenvalue weighted by Gasteiger charge is -2.16. The fourth-order valence-corrected chi connectivity index (χ4v) is 2.14. The molecule has 4 heteroatoms. The second-order valence-corrected chi connectivity index (χ2v) is 4.57. The van der Waals surface area contributed by atoms with Crippen molar-refractivity contribution in [2.24, 2.45) is 5.92 Å². The smallest absolute Gasteiger partial charge is 0.126 e. The molecular weight excluding hydrogens is 231 g/mol. The largest absolute Gasteiger partial charge is 0.392 e. The second kappa shape index (κ2) is 5.13. The lowest BCUT2D eigenvalue weighted by Crippen LogP contribution is -2.23. The Morgan fingerprint density at radius 3 is 3.06 bits per heavy atom. The molecule has 1 aromatic carbocycles. The molecule has 1 N–H and O–H groups in total. The summed E-state index contributed by atoms with van der Waals surface area (Å²) < 4.78 is 18.6. The minimum absolute atomic E-state index is 0.110. The van der Waals surface area contributed by atoms with Crippen molar-refractivity contribution >= 4 is 11.6 Å². The topological polar surface area (TPSA) is 29.5 Å². The molecule has 0 aliphatic carbocycles. The van der Waals surface area contributed by atoms with Gasteiger partial charge in [0.25, 0.3) is 0 Å². The van der Waals surface area contributed by atoms with Gasteiger partial charge in [-0.2, -0.15) is 0 Å². The van der Waals surface area contributed by atoms with E-state index in [9.17, 15) is 9.50 Å². The van der Waals surface area contributed by atoms with Crippen molar-refractivity contribution in [2.45, 2.75) is 18.9 Å². The van der Waals surface area contributed by atoms with Crippen molar-refractivity contribution in [2.75, 3.05) is 13.2 Å². The molecule has 2 nitrogen and oxygen atoms in total. The molecule has 16 heavy (non-hydrogen) atoms. The highest BCUT2D eigenvalue weighted by atomic mass is 35.5. The van der Waals surface area contributed by atoms with Gasteiger partial charge in [-0.25, -0.2) is 4.39 Å². The molecule has 0 spiro atoms. The van der Waals surface area contributed by atoms with Crippen LogP contribution in [0.3, 0.4) is 0 Å². The van der Waals surface area contributed by atoms with E-state index in [4.69, 9.17) is 16.3 Å². The minimum Gasteiger partial charge on any atom is -0.392 e. The van der Waals surface area contributed by atoms with E-state index in [2.05, 4.69) is 0 Å². The number of halogens is 2. The number of aliphatic hydroxyl groups is 1. The molecule has 1 aliphatic heterocycles. The number of rotatable bonds is 3. The van der Waals surface area contributed by atoms with E-state index in [1.54, 1.807) is 6.07 Å². The Bertz CT molecular complexity index is 364. The molecule has 1 saturated heterocycles. The van der Waals surface area contributed by atoms with Crippen LogP contribution in [0.25, 0.3) is 0 Å². The monoisotopic (exact) mass is 244 g/mol. The van der Waals surface area contributed by atoms with Crippen LogP contribution in [0.15, 0.2) is 18.2 Å². The first-order chi connectivity index (χ1) is 7.66. The molecule has 2 rings (SSSR count). The summed E-state index contributed by atoms with van der Waals surface area (Å²) in [5.74, 6) is -0.208. The Balaban J connectivity index is 2.04. The number of hydrogen-bond donors (Lipinski definition) is 1. The first-order valence-corrected chi connectivity index (χ1v) is 5.74. The van der Waals surface area contributed by atoms with Crippen LogP contribution in [0.5, 0.6) is 0 Å². The molecular formula is C12H14ClFO2. The van der Waals surface area contributed by atoms with Gasteiger partial charge in [0.2, 0.25) is 0 Å². The second-order valence-electron chi connectivity index (χ2n) is 4.13. The van der Waals surface area contributed by atoms with Gasteiger partial charge in [-0.3, -0.25) is 0 Å². The quantitative estimate of drug-likeness (QED) is 0.885. The van der Waals surface area contributed by atoms with Crippen LogP contribution in [0.4, 0.5) is 4.39 Å². The molecule has 1 heterocycles. The minimum atomic E-state index is -0.560. The van der Waals surface area contributed by atoms with Crippen LogP contribution in [0, 0.1) is 11.7 Å². The van der Waals surface area contributed by atoms with Gasteiger partial charge in [-0.05, 0) is 30.2 Å². The summed E-state index contributed by atoms with van der Waals surface area (Å²) in [6.45, 7) is 1.24. The Kier molecular flexibility index (Phi) is 3.79. The van der Waals surface area contributed by atoms with Crippen molar-refractivity contribution in [3.63, 3.8) is 0 Å². The van der Waals surface area contributed by atoms with Crippen molar-refractivity contribution in [1.82, 2.24) is 0 Å². The maximum absolute atomic E-state index is 13.4. The summed E-state index contributed by atoms with van der Waals surface area (Å²) in [6.07, 6.45) is 0.569. The van der Waals surface area contributed by atoms with E-state index in [1.165, 1.54) is 12.1 Å². The predicted molar refractivity (Wildman–Crippen MR) is 60.0 cm³/mol. The highest BCUT2D eigenvalue weighted by molar-refractivity contribution is 6.30. The average Bonchev–Trinajstić information content (AvgIpc) is 2.76. The molecule has 1 fully saturated rings. The SMILES string of the molecule is OC(Cc1cc(Cl)ccc1F)C1CCOC1. The summed E-state index contributed by atoms with van der Waals surface area (Å²) in [4.78, 5) is 0. The van der Waals surface area contributed by atoms with E-state index in [0.29, 0.717) is 30.2 Å². The summed E-state index contributed by atoms with van der Waals surface area (Å²) in [6, 6.07) is 4.40. The van der Waals surface area contributed by atoms with Crippen LogP contribution in [0.1, 0.15) is 12.0 Å². The van der Waals surface area contributed by atoms with Gasteiger partial charge in [0.1, 0.15) is 5.82 Å². The molecule has 0 radical (unpaired) electrons. The Morgan fingerprint density at radius 1 is 1.56 bits per heavy atom. The van der Waals surface area contributed by atoms with Crippen molar-refractivity contribution < 1.29 is 14.2 Å². The molecule has 2 atom stereocenters. The third-order valence-electron chi connectivity index (χ3n) is 2.95. The number of benzene rings is 1. The predicted octanol–water partition coefficient (Wildman–Crippen LogP) is 2.42. The van der Waals surface area contributed by atoms with E-state index in [-0.39, 0.29) is 11.7 Å². The van der Waals surface area contributed by atoms with Crippen molar-refractivity contribution in [3.8, 4) is 0 Å². The zero-order valence-corrected chi connectivity index (χ0v) is 9.58. The normalized spacial score (nSPS) is 22.3. The third kappa shape index (κ3) is 2.73. The maximum Gasteiger partial charge on any atom is 0.126 e. The van der Waals surface area contributed by atoms with E-state index < -0.39 is 6.10 Å². The van der Waals surface area contributed by atoms with E-state index >= 15 is 0 Å². The number of aliphatic hydroxyl groups excluding tert-OH is 1. The van der Waals surface area contributed by atoms with Crippen LogP contribution in [0.2, 0.25) is 5.02 Å². The van der Waals surface area contributed by atoms with Crippen LogP contribution < -0.4 is 0 Å². The van der Waals surface area contributed by atoms with Crippen LogP contribution >= 0.6 is 11.6 Å². The van der Waals surface area contributed by atoms with Gasteiger partial charge in [-0.15, -0.1) is 0 Å². The summed E-state index contributed by atoms with van der Waals surface area (Å²) >= 11 is 5.79. The van der Waals surface area contributed by atoms with Gasteiger partial charge in [0.15, 0.2) is 0 Å². The molecule has 88 valence electrons. The maximum atomic E-state index is 13.4. The Labute approximate surface area is 99.0 Å². The molecule has 0 amide bonds. The van der Waals surface area contributed by atoms with Gasteiger partial charge >= 0.3 is 0 Å². The van der Waals surface area contributed by atoms with Crippen molar-refractivity contribution in [3.05, 3.63) is 34.6 Å². The Hall–Kier alpha value is -0.640. The van der Waals surface area contributed by atoms with E-state index in [1.807, 2.05) is 0 Å². The molecule has 1 aromatic rings. The first-order valence-electron chi connectivity index (χ1n) is 5.36. The molecule has 2 unspecified atom stereocenters. The zero-order valence-electron chi connectivity index (χ0n) is 8.83. The molecule has 0 saturated carbocycles. The molecule has 1 aliphatic rings. The zero-order chi connectivity index (χ0) is 11.5. The van der Waals surface area contributed by atoms with Crippen molar-refractivity contribution in [1.29, 1.82) is 0 Å². The number of ether oxygens (including phenoxy) is 1. The van der Waals surface area contributed by atoms with Gasteiger partial charge in [0.05, 0.1) is 12.7 Å². The highest BCUT2D eigenvalue weighted by Gasteiger charge is 2.24. The highest BCUT2D eigenvalue weighted by Crippen LogP contribution is 2.22. The Morgan fingerprint density at radius 2 is 2.38 bits per heavy atom. The first kappa shape index (κ1) is 11.8. The van der Waals surface area contributed by atoms with E-state index in [0.717, 1.165) is 6.42 Å².